The summed E-state index contributed by atoms with van der Waals surface area (Å²) in [5.74, 6) is 1.34. The molecule has 17 nitrogen and oxygen atoms in total. The maximum Gasteiger partial charge on any atom is 0.328 e. The number of aromatic amines is 1. The maximum atomic E-state index is 12.9. The van der Waals surface area contributed by atoms with Crippen LogP contribution in [0.15, 0.2) is 71.8 Å². The van der Waals surface area contributed by atoms with E-state index in [-0.39, 0.29) is 23.3 Å². The Morgan fingerprint density at radius 2 is 1.67 bits per heavy atom. The smallest absolute Gasteiger partial charge is 0.328 e. The van der Waals surface area contributed by atoms with Crippen LogP contribution >= 0.6 is 0 Å². The lowest BCUT2D eigenvalue weighted by atomic mass is 9.96. The van der Waals surface area contributed by atoms with Gasteiger partial charge in [0.25, 0.3) is 0 Å². The lowest BCUT2D eigenvalue weighted by Crippen LogP contribution is -2.49. The molecular weight excluding hydrogens is 799 g/mol. The molecule has 5 aromatic heterocycles. The van der Waals surface area contributed by atoms with Gasteiger partial charge in [0, 0.05) is 75.1 Å². The largest absolute Gasteiger partial charge is 0.368 e. The Kier molecular flexibility index (Phi) is 11.4. The zero-order valence-corrected chi connectivity index (χ0v) is 36.4. The Labute approximate surface area is 365 Å². The van der Waals surface area contributed by atoms with Crippen LogP contribution in [0.25, 0.3) is 33.7 Å². The van der Waals surface area contributed by atoms with E-state index in [1.807, 2.05) is 65.1 Å². The number of H-pyrrole nitrogens is 1. The van der Waals surface area contributed by atoms with E-state index in [0.29, 0.717) is 30.4 Å². The van der Waals surface area contributed by atoms with Crippen molar-refractivity contribution < 1.29 is 18.9 Å². The molecule has 17 heteroatoms. The molecule has 3 aliphatic heterocycles. The van der Waals surface area contributed by atoms with E-state index in [1.54, 1.807) is 17.4 Å². The number of benzene rings is 1. The molecule has 9 rings (SSSR count). The summed E-state index contributed by atoms with van der Waals surface area (Å²) in [4.78, 5) is 72.1. The molecule has 4 amide bonds. The molecule has 0 unspecified atom stereocenters. The van der Waals surface area contributed by atoms with Gasteiger partial charge in [-0.1, -0.05) is 38.1 Å². The topological polar surface area (TPSA) is 194 Å². The van der Waals surface area contributed by atoms with Crippen molar-refractivity contribution in [3.63, 3.8) is 0 Å². The second-order valence-corrected chi connectivity index (χ2v) is 17.9. The molecule has 8 heterocycles. The molecule has 0 saturated carbocycles. The molecule has 3 N–H and O–H groups in total. The van der Waals surface area contributed by atoms with E-state index < -0.39 is 11.9 Å². The van der Waals surface area contributed by atoms with Crippen LogP contribution in [0.2, 0.25) is 0 Å². The Hall–Kier alpha value is -6.75. The molecule has 1 aromatic carbocycles. The third-order valence-electron chi connectivity index (χ3n) is 12.4. The second-order valence-electron chi connectivity index (χ2n) is 17.9. The molecule has 0 radical (unpaired) electrons. The van der Waals surface area contributed by atoms with E-state index in [0.717, 1.165) is 115 Å². The number of pyridine rings is 2. The third kappa shape index (κ3) is 8.96. The van der Waals surface area contributed by atoms with Crippen LogP contribution in [0.5, 0.6) is 0 Å². The lowest BCUT2D eigenvalue weighted by Gasteiger charge is -2.39. The highest BCUT2D eigenvalue weighted by Gasteiger charge is 2.28. The summed E-state index contributed by atoms with van der Waals surface area (Å²) in [5.41, 5.74) is 7.65. The molecule has 1 atom stereocenters. The Balaban J connectivity index is 0.768. The molecule has 63 heavy (non-hydrogen) atoms. The van der Waals surface area contributed by atoms with Gasteiger partial charge >= 0.3 is 17.8 Å². The van der Waals surface area contributed by atoms with Crippen molar-refractivity contribution in [2.45, 2.75) is 65.3 Å². The first-order chi connectivity index (χ1) is 30.4. The van der Waals surface area contributed by atoms with Crippen molar-refractivity contribution in [1.82, 2.24) is 50.6 Å². The van der Waals surface area contributed by atoms with Crippen molar-refractivity contribution in [3.8, 4) is 22.6 Å². The Morgan fingerprint density at radius 3 is 2.35 bits per heavy atom. The first-order valence-electron chi connectivity index (χ1n) is 21.7. The molecule has 3 fully saturated rings. The number of carbonyl (C=O) groups excluding carboxylic acids is 3. The van der Waals surface area contributed by atoms with Crippen LogP contribution in [-0.4, -0.2) is 110 Å². The summed E-state index contributed by atoms with van der Waals surface area (Å²) in [5, 5.41) is 10.2. The molecular formula is C46H53N13O4. The number of hydrogen-bond donors (Lipinski definition) is 3. The molecule has 0 spiro atoms. The zero-order valence-electron chi connectivity index (χ0n) is 36.4. The number of aromatic nitrogens is 7. The van der Waals surface area contributed by atoms with Gasteiger partial charge in [-0.05, 0) is 80.1 Å². The van der Waals surface area contributed by atoms with E-state index in [9.17, 15) is 14.4 Å². The van der Waals surface area contributed by atoms with Gasteiger partial charge in [0.15, 0.2) is 5.82 Å². The number of carbonyl (C=O) groups is 3. The number of urea groups is 1. The van der Waals surface area contributed by atoms with Gasteiger partial charge in [0.2, 0.25) is 5.91 Å². The van der Waals surface area contributed by atoms with Crippen LogP contribution in [-0.2, 0) is 10.2 Å². The summed E-state index contributed by atoms with van der Waals surface area (Å²) < 4.78 is 5.25. The Morgan fingerprint density at radius 1 is 0.889 bits per heavy atom. The number of piperazine rings is 1. The summed E-state index contributed by atoms with van der Waals surface area (Å²) in [6.07, 6.45) is 7.78. The van der Waals surface area contributed by atoms with Gasteiger partial charge in [0.05, 0.1) is 46.9 Å². The van der Waals surface area contributed by atoms with Crippen molar-refractivity contribution >= 4 is 46.1 Å². The van der Waals surface area contributed by atoms with E-state index in [4.69, 9.17) is 9.51 Å². The standard InChI is InChI=1S/C46H53N13O4/c1-28-22-31(6-9-34(28)29(2)51-42(61)43-54-44(55-63-43)46(3,4)5)40-35-23-37(52-41(35)50-27-49-40)36-10-7-32(24-47-36)57-20-18-56(19-21-57)26-30-12-15-58(16-13-30)38-11-8-33(25-48-38)59-17-14-39(60)53-45(59)62/h6-11,22-25,27,29-30H,12-21,26H2,1-5H3,(H,51,61)(H,49,50,52)(H,53,60,62)/t29-/m1/s1. The van der Waals surface area contributed by atoms with Gasteiger partial charge in [-0.15, -0.1) is 0 Å². The first-order valence-corrected chi connectivity index (χ1v) is 21.7. The molecule has 3 aliphatic rings. The van der Waals surface area contributed by atoms with Crippen molar-refractivity contribution in [2.24, 2.45) is 5.92 Å². The molecule has 3 saturated heterocycles. The quantitative estimate of drug-likeness (QED) is 0.144. The minimum atomic E-state index is -0.413. The Bertz CT molecular complexity index is 2620. The van der Waals surface area contributed by atoms with E-state index in [1.165, 1.54) is 0 Å². The number of anilines is 3. The fourth-order valence-corrected chi connectivity index (χ4v) is 8.74. The average Bonchev–Trinajstić information content (AvgIpc) is 3.97. The summed E-state index contributed by atoms with van der Waals surface area (Å²) in [6.45, 7) is 17.2. The number of aryl methyl sites for hydroxylation is 1. The number of nitrogens with zero attached hydrogens (tertiary/aromatic N) is 10. The van der Waals surface area contributed by atoms with Crippen LogP contribution in [0.1, 0.15) is 80.6 Å². The fourth-order valence-electron chi connectivity index (χ4n) is 8.74. The highest BCUT2D eigenvalue weighted by molar-refractivity contribution is 6.05. The number of imide groups is 1. The van der Waals surface area contributed by atoms with Gasteiger partial charge in [-0.25, -0.2) is 19.7 Å². The van der Waals surface area contributed by atoms with Crippen LogP contribution in [0, 0.1) is 12.8 Å². The normalized spacial score (nSPS) is 17.3. The number of hydrogen-bond acceptors (Lipinski definition) is 13. The van der Waals surface area contributed by atoms with Crippen molar-refractivity contribution in [2.75, 3.05) is 67.1 Å². The number of fused-ring (bicyclic) bond motifs is 1. The second kappa shape index (κ2) is 17.2. The van der Waals surface area contributed by atoms with Crippen LogP contribution in [0.4, 0.5) is 22.0 Å². The van der Waals surface area contributed by atoms with Gasteiger partial charge in [0.1, 0.15) is 17.8 Å². The molecule has 6 aromatic rings. The van der Waals surface area contributed by atoms with E-state index in [2.05, 4.69) is 79.7 Å². The maximum absolute atomic E-state index is 12.9. The predicted molar refractivity (Wildman–Crippen MR) is 240 cm³/mol. The number of piperidine rings is 1. The minimum absolute atomic E-state index is 0.0519. The summed E-state index contributed by atoms with van der Waals surface area (Å²) >= 11 is 0. The SMILES string of the molecule is Cc1cc(-c2ncnc3[nH]c(-c4ccc(N5CCN(CC6CCN(c7ccc(N8CCC(=O)NC8=O)cn7)CC6)CC5)cn4)cc23)ccc1[C@@H](C)NC(=O)c1nc(C(C)(C)C)no1. The lowest BCUT2D eigenvalue weighted by molar-refractivity contribution is -0.120. The van der Waals surface area contributed by atoms with Gasteiger partial charge < -0.3 is 24.6 Å². The minimum Gasteiger partial charge on any atom is -0.368 e. The zero-order chi connectivity index (χ0) is 43.8. The first kappa shape index (κ1) is 41.6. The monoisotopic (exact) mass is 851 g/mol. The predicted octanol–water partition coefficient (Wildman–Crippen LogP) is 6.05. The summed E-state index contributed by atoms with van der Waals surface area (Å²) in [6, 6.07) is 15.6. The third-order valence-corrected chi connectivity index (χ3v) is 12.4. The average molecular weight is 852 g/mol. The van der Waals surface area contributed by atoms with Crippen molar-refractivity contribution in [3.05, 3.63) is 90.1 Å². The molecule has 0 bridgehead atoms. The summed E-state index contributed by atoms with van der Waals surface area (Å²) in [7, 11) is 0. The van der Waals surface area contributed by atoms with E-state index >= 15 is 0 Å². The molecule has 0 aliphatic carbocycles. The fraction of sp³-hybridized carbons (Fsp3) is 0.413. The number of rotatable bonds is 10. The van der Waals surface area contributed by atoms with Crippen LogP contribution < -0.4 is 25.3 Å². The van der Waals surface area contributed by atoms with Gasteiger partial charge in [-0.3, -0.25) is 29.7 Å². The van der Waals surface area contributed by atoms with Crippen molar-refractivity contribution in [1.29, 1.82) is 0 Å². The highest BCUT2D eigenvalue weighted by atomic mass is 16.5. The number of amides is 4. The van der Waals surface area contributed by atoms with Gasteiger partial charge in [-0.2, -0.15) is 4.98 Å². The highest BCUT2D eigenvalue weighted by Crippen LogP contribution is 2.33. The number of nitrogens with one attached hydrogen (secondary N) is 3. The van der Waals surface area contributed by atoms with Crippen LogP contribution in [0.3, 0.4) is 0 Å². The molecule has 326 valence electrons.